The number of piperazine rings is 1. The molecule has 1 aromatic heterocycles. The maximum Gasteiger partial charge on any atom is 0.219 e. The van der Waals surface area contributed by atoms with Crippen LogP contribution in [-0.4, -0.2) is 48.0 Å². The van der Waals surface area contributed by atoms with Gasteiger partial charge in [0.15, 0.2) is 0 Å². The summed E-state index contributed by atoms with van der Waals surface area (Å²) in [7, 11) is 0. The van der Waals surface area contributed by atoms with Gasteiger partial charge in [-0.3, -0.25) is 4.79 Å². The number of carbonyl (C=O) groups is 1. The zero-order chi connectivity index (χ0) is 16.4. The number of hydrogen-bond acceptors (Lipinski definition) is 4. The molecule has 0 aliphatic carbocycles. The lowest BCUT2D eigenvalue weighted by molar-refractivity contribution is -0.129. The van der Waals surface area contributed by atoms with Crippen molar-refractivity contribution >= 4 is 28.2 Å². The minimum Gasteiger partial charge on any atom is -0.382 e. The van der Waals surface area contributed by atoms with Crippen LogP contribution in [0, 0.1) is 0 Å². The zero-order valence-electron chi connectivity index (χ0n) is 14.0. The Hall–Kier alpha value is -2.30. The molecule has 0 unspecified atom stereocenters. The van der Waals surface area contributed by atoms with Crippen molar-refractivity contribution in [1.82, 2.24) is 9.88 Å². The van der Waals surface area contributed by atoms with Crippen LogP contribution < -0.4 is 10.2 Å². The van der Waals surface area contributed by atoms with E-state index in [0.29, 0.717) is 6.04 Å². The average Bonchev–Trinajstić information content (AvgIpc) is 2.54. The highest BCUT2D eigenvalue weighted by Crippen LogP contribution is 2.30. The smallest absolute Gasteiger partial charge is 0.219 e. The highest BCUT2D eigenvalue weighted by atomic mass is 16.2. The summed E-state index contributed by atoms with van der Waals surface area (Å²) < 4.78 is 0. The van der Waals surface area contributed by atoms with Crippen LogP contribution in [0.25, 0.3) is 10.8 Å². The third kappa shape index (κ3) is 3.23. The number of hydrogen-bond donors (Lipinski definition) is 1. The molecule has 5 nitrogen and oxygen atoms in total. The molecule has 23 heavy (non-hydrogen) atoms. The van der Waals surface area contributed by atoms with Gasteiger partial charge < -0.3 is 15.1 Å². The normalized spacial score (nSPS) is 15.3. The highest BCUT2D eigenvalue weighted by molar-refractivity contribution is 6.00. The monoisotopic (exact) mass is 312 g/mol. The van der Waals surface area contributed by atoms with Crippen molar-refractivity contribution in [3.05, 3.63) is 30.5 Å². The molecule has 1 fully saturated rings. The van der Waals surface area contributed by atoms with E-state index < -0.39 is 0 Å². The van der Waals surface area contributed by atoms with E-state index in [2.05, 4.69) is 53.3 Å². The van der Waals surface area contributed by atoms with Gasteiger partial charge >= 0.3 is 0 Å². The van der Waals surface area contributed by atoms with Crippen molar-refractivity contribution in [2.24, 2.45) is 0 Å². The summed E-state index contributed by atoms with van der Waals surface area (Å²) in [5.41, 5.74) is 1.14. The summed E-state index contributed by atoms with van der Waals surface area (Å²) >= 11 is 0. The quantitative estimate of drug-likeness (QED) is 0.947. The summed E-state index contributed by atoms with van der Waals surface area (Å²) in [6.45, 7) is 9.09. The van der Waals surface area contributed by atoms with E-state index in [4.69, 9.17) is 0 Å². The van der Waals surface area contributed by atoms with Gasteiger partial charge in [-0.15, -0.1) is 0 Å². The van der Waals surface area contributed by atoms with Crippen LogP contribution in [0.4, 0.5) is 11.5 Å². The van der Waals surface area contributed by atoms with Gasteiger partial charge in [0.25, 0.3) is 0 Å². The molecular weight excluding hydrogens is 288 g/mol. The molecule has 5 heteroatoms. The van der Waals surface area contributed by atoms with Crippen LogP contribution in [0.1, 0.15) is 20.8 Å². The number of amides is 1. The van der Waals surface area contributed by atoms with Crippen molar-refractivity contribution < 1.29 is 4.79 Å². The molecule has 0 atom stereocenters. The zero-order valence-corrected chi connectivity index (χ0v) is 14.0. The summed E-state index contributed by atoms with van der Waals surface area (Å²) in [5, 5.41) is 5.86. The fraction of sp³-hybridized carbons (Fsp3) is 0.444. The number of pyridine rings is 1. The van der Waals surface area contributed by atoms with Gasteiger partial charge in [0.05, 0.1) is 0 Å². The number of fused-ring (bicyclic) bond motifs is 1. The van der Waals surface area contributed by atoms with Gasteiger partial charge in [-0.2, -0.15) is 0 Å². The Labute approximate surface area is 137 Å². The summed E-state index contributed by atoms with van der Waals surface area (Å²) in [5.74, 6) is 1.16. The van der Waals surface area contributed by atoms with Crippen molar-refractivity contribution in [1.29, 1.82) is 0 Å². The van der Waals surface area contributed by atoms with Crippen LogP contribution >= 0.6 is 0 Å². The van der Waals surface area contributed by atoms with Gasteiger partial charge in [-0.25, -0.2) is 4.98 Å². The lowest BCUT2D eigenvalue weighted by Crippen LogP contribution is -2.48. The van der Waals surface area contributed by atoms with Crippen molar-refractivity contribution in [2.45, 2.75) is 26.8 Å². The fourth-order valence-electron chi connectivity index (χ4n) is 3.11. The van der Waals surface area contributed by atoms with Gasteiger partial charge in [0.1, 0.15) is 5.82 Å². The second kappa shape index (κ2) is 6.44. The van der Waals surface area contributed by atoms with Crippen LogP contribution in [0.3, 0.4) is 0 Å². The second-order valence-electron chi connectivity index (χ2n) is 6.33. The summed E-state index contributed by atoms with van der Waals surface area (Å²) in [6, 6.07) is 8.76. The lowest BCUT2D eigenvalue weighted by atomic mass is 10.1. The summed E-state index contributed by atoms with van der Waals surface area (Å²) in [4.78, 5) is 20.3. The number of anilines is 2. The van der Waals surface area contributed by atoms with Gasteiger partial charge in [-0.1, -0.05) is 12.1 Å². The minimum absolute atomic E-state index is 0.152. The predicted octanol–water partition coefficient (Wildman–Crippen LogP) is 2.72. The SMILES string of the molecule is CC(=O)N1CCN(c2nccc3c(NC(C)C)cccc23)CC1. The van der Waals surface area contributed by atoms with Crippen molar-refractivity contribution in [3.63, 3.8) is 0 Å². The number of nitrogens with one attached hydrogen (secondary N) is 1. The van der Waals surface area contributed by atoms with E-state index in [9.17, 15) is 4.79 Å². The van der Waals surface area contributed by atoms with Crippen molar-refractivity contribution in [2.75, 3.05) is 36.4 Å². The van der Waals surface area contributed by atoms with Crippen LogP contribution in [-0.2, 0) is 4.79 Å². The molecule has 0 spiro atoms. The molecular formula is C18H24N4O. The molecule has 0 saturated carbocycles. The highest BCUT2D eigenvalue weighted by Gasteiger charge is 2.21. The van der Waals surface area contributed by atoms with Gasteiger partial charge in [-0.05, 0) is 26.0 Å². The van der Waals surface area contributed by atoms with E-state index in [0.717, 1.165) is 43.1 Å². The topological polar surface area (TPSA) is 48.5 Å². The molecule has 1 saturated heterocycles. The predicted molar refractivity (Wildman–Crippen MR) is 95.0 cm³/mol. The average molecular weight is 312 g/mol. The third-order valence-electron chi connectivity index (χ3n) is 4.25. The Morgan fingerprint density at radius 2 is 1.87 bits per heavy atom. The van der Waals surface area contributed by atoms with Crippen LogP contribution in [0.2, 0.25) is 0 Å². The Kier molecular flexibility index (Phi) is 4.37. The van der Waals surface area contributed by atoms with E-state index in [1.807, 2.05) is 11.1 Å². The number of aromatic nitrogens is 1. The molecule has 1 amide bonds. The van der Waals surface area contributed by atoms with E-state index in [1.165, 1.54) is 5.39 Å². The van der Waals surface area contributed by atoms with E-state index >= 15 is 0 Å². The summed E-state index contributed by atoms with van der Waals surface area (Å²) in [6.07, 6.45) is 1.88. The molecule has 0 radical (unpaired) electrons. The first-order valence-electron chi connectivity index (χ1n) is 8.21. The first-order valence-corrected chi connectivity index (χ1v) is 8.21. The second-order valence-corrected chi connectivity index (χ2v) is 6.33. The third-order valence-corrected chi connectivity index (χ3v) is 4.25. The van der Waals surface area contributed by atoms with Gasteiger partial charge in [0, 0.05) is 61.8 Å². The van der Waals surface area contributed by atoms with E-state index in [1.54, 1.807) is 6.92 Å². The molecule has 2 heterocycles. The number of rotatable bonds is 3. The Morgan fingerprint density at radius 1 is 1.13 bits per heavy atom. The maximum atomic E-state index is 11.5. The van der Waals surface area contributed by atoms with Crippen molar-refractivity contribution in [3.8, 4) is 0 Å². The molecule has 1 aliphatic rings. The maximum absolute atomic E-state index is 11.5. The molecule has 122 valence electrons. The molecule has 1 aliphatic heterocycles. The lowest BCUT2D eigenvalue weighted by Gasteiger charge is -2.35. The minimum atomic E-state index is 0.152. The Bertz CT molecular complexity index is 705. The molecule has 1 aromatic carbocycles. The van der Waals surface area contributed by atoms with E-state index in [-0.39, 0.29) is 5.91 Å². The Morgan fingerprint density at radius 3 is 2.52 bits per heavy atom. The standard InChI is InChI=1S/C18H24N4O/c1-13(2)20-17-6-4-5-16-15(17)7-8-19-18(16)22-11-9-21(10-12-22)14(3)23/h4-8,13,20H,9-12H2,1-3H3. The van der Waals surface area contributed by atoms with Crippen LogP contribution in [0.15, 0.2) is 30.5 Å². The molecule has 2 aromatic rings. The number of benzene rings is 1. The first-order chi connectivity index (χ1) is 11.1. The Balaban J connectivity index is 1.92. The number of nitrogens with zero attached hydrogens (tertiary/aromatic N) is 3. The molecule has 3 rings (SSSR count). The largest absolute Gasteiger partial charge is 0.382 e. The molecule has 1 N–H and O–H groups in total. The molecule has 0 bridgehead atoms. The fourth-order valence-corrected chi connectivity index (χ4v) is 3.11. The van der Waals surface area contributed by atoms with Gasteiger partial charge in [0.2, 0.25) is 5.91 Å². The van der Waals surface area contributed by atoms with Crippen LogP contribution in [0.5, 0.6) is 0 Å². The first kappa shape index (κ1) is 15.6. The number of carbonyl (C=O) groups excluding carboxylic acids is 1.